The number of aromatic amines is 1. The van der Waals surface area contributed by atoms with E-state index in [-0.39, 0.29) is 5.91 Å². The Morgan fingerprint density at radius 3 is 2.80 bits per heavy atom. The van der Waals surface area contributed by atoms with Crippen molar-refractivity contribution in [2.75, 3.05) is 13.2 Å². The van der Waals surface area contributed by atoms with E-state index in [1.165, 1.54) is 16.5 Å². The highest BCUT2D eigenvalue weighted by molar-refractivity contribution is 5.80. The van der Waals surface area contributed by atoms with Crippen LogP contribution < -0.4 is 10.1 Å². The molecule has 3 rings (SSSR count). The van der Waals surface area contributed by atoms with Crippen LogP contribution in [0.15, 0.2) is 54.7 Å². The Morgan fingerprint density at radius 2 is 1.96 bits per heavy atom. The fraction of sp³-hybridized carbons (Fsp3) is 0.286. The highest BCUT2D eigenvalue weighted by atomic mass is 16.5. The summed E-state index contributed by atoms with van der Waals surface area (Å²) in [5, 5.41) is 4.18. The summed E-state index contributed by atoms with van der Waals surface area (Å²) in [6.45, 7) is 3.26. The van der Waals surface area contributed by atoms with E-state index >= 15 is 0 Å². The van der Waals surface area contributed by atoms with E-state index in [4.69, 9.17) is 4.74 Å². The van der Waals surface area contributed by atoms with Crippen LogP contribution in [0.4, 0.5) is 0 Å². The second-order valence-electron chi connectivity index (χ2n) is 6.26. The Kier molecular flexibility index (Phi) is 5.73. The second-order valence-corrected chi connectivity index (χ2v) is 6.26. The number of rotatable bonds is 8. The number of hydrogen-bond donors (Lipinski definition) is 2. The van der Waals surface area contributed by atoms with Crippen molar-refractivity contribution in [1.29, 1.82) is 0 Å². The fourth-order valence-corrected chi connectivity index (χ4v) is 2.75. The minimum absolute atomic E-state index is 0.0789. The maximum atomic E-state index is 11.9. The summed E-state index contributed by atoms with van der Waals surface area (Å²) < 4.78 is 5.64. The molecule has 0 atom stereocenters. The van der Waals surface area contributed by atoms with Gasteiger partial charge in [0.05, 0.1) is 6.61 Å². The monoisotopic (exact) mass is 336 g/mol. The molecule has 4 heteroatoms. The third-order valence-electron chi connectivity index (χ3n) is 4.19. The molecule has 2 N–H and O–H groups in total. The molecule has 3 aromatic rings. The first-order chi connectivity index (χ1) is 12.2. The molecule has 0 aliphatic carbocycles. The summed E-state index contributed by atoms with van der Waals surface area (Å²) in [6.07, 6.45) is 3.99. The SMILES string of the molecule is Cc1ccc(OCCCC(=O)NCCc2ccc3[nH]ccc3c2)cc1. The first-order valence-corrected chi connectivity index (χ1v) is 8.73. The Hall–Kier alpha value is -2.75. The molecule has 0 saturated heterocycles. The number of hydrogen-bond acceptors (Lipinski definition) is 2. The highest BCUT2D eigenvalue weighted by Crippen LogP contribution is 2.14. The van der Waals surface area contributed by atoms with Gasteiger partial charge in [-0.15, -0.1) is 0 Å². The first kappa shape index (κ1) is 17.1. The molecule has 130 valence electrons. The average Bonchev–Trinajstić information content (AvgIpc) is 3.08. The Bertz CT molecular complexity index is 821. The normalized spacial score (nSPS) is 10.8. The zero-order valence-corrected chi connectivity index (χ0v) is 14.5. The molecular weight excluding hydrogens is 312 g/mol. The standard InChI is InChI=1S/C21H24N2O2/c1-16-4-7-19(8-5-16)25-14-2-3-21(24)23-12-10-17-6-9-20-18(15-17)11-13-22-20/h4-9,11,13,15,22H,2-3,10,12,14H2,1H3,(H,23,24). The number of ether oxygens (including phenoxy) is 1. The fourth-order valence-electron chi connectivity index (χ4n) is 2.75. The van der Waals surface area contributed by atoms with Crippen LogP contribution >= 0.6 is 0 Å². The summed E-state index contributed by atoms with van der Waals surface area (Å²) >= 11 is 0. The summed E-state index contributed by atoms with van der Waals surface area (Å²) in [4.78, 5) is 15.1. The molecule has 2 aromatic carbocycles. The van der Waals surface area contributed by atoms with Gasteiger partial charge in [-0.3, -0.25) is 4.79 Å². The van der Waals surface area contributed by atoms with Crippen molar-refractivity contribution in [1.82, 2.24) is 10.3 Å². The van der Waals surface area contributed by atoms with Gasteiger partial charge in [-0.25, -0.2) is 0 Å². The first-order valence-electron chi connectivity index (χ1n) is 8.73. The van der Waals surface area contributed by atoms with Crippen molar-refractivity contribution in [3.05, 3.63) is 65.9 Å². The van der Waals surface area contributed by atoms with Crippen molar-refractivity contribution in [2.24, 2.45) is 0 Å². The lowest BCUT2D eigenvalue weighted by Gasteiger charge is -2.07. The van der Waals surface area contributed by atoms with Crippen LogP contribution in [0.3, 0.4) is 0 Å². The molecule has 0 saturated carbocycles. The van der Waals surface area contributed by atoms with Crippen LogP contribution in [-0.2, 0) is 11.2 Å². The number of fused-ring (bicyclic) bond motifs is 1. The molecule has 4 nitrogen and oxygen atoms in total. The molecular formula is C21H24N2O2. The van der Waals surface area contributed by atoms with Gasteiger partial charge in [0.2, 0.25) is 5.91 Å². The van der Waals surface area contributed by atoms with Crippen LogP contribution in [0, 0.1) is 6.92 Å². The van der Waals surface area contributed by atoms with E-state index in [0.29, 0.717) is 19.6 Å². The van der Waals surface area contributed by atoms with Gasteiger partial charge >= 0.3 is 0 Å². The predicted octanol–water partition coefficient (Wildman–Crippen LogP) is 3.99. The quantitative estimate of drug-likeness (QED) is 0.611. The van der Waals surface area contributed by atoms with E-state index < -0.39 is 0 Å². The molecule has 0 unspecified atom stereocenters. The van der Waals surface area contributed by atoms with Crippen LogP contribution in [0.2, 0.25) is 0 Å². The van der Waals surface area contributed by atoms with Crippen LogP contribution in [0.5, 0.6) is 5.75 Å². The van der Waals surface area contributed by atoms with Crippen molar-refractivity contribution >= 4 is 16.8 Å². The third-order valence-corrected chi connectivity index (χ3v) is 4.19. The highest BCUT2D eigenvalue weighted by Gasteiger charge is 2.03. The summed E-state index contributed by atoms with van der Waals surface area (Å²) in [7, 11) is 0. The van der Waals surface area contributed by atoms with E-state index in [0.717, 1.165) is 24.1 Å². The summed E-state index contributed by atoms with van der Waals surface area (Å²) in [6, 6.07) is 16.3. The summed E-state index contributed by atoms with van der Waals surface area (Å²) in [5.74, 6) is 0.932. The molecule has 0 aliphatic rings. The largest absolute Gasteiger partial charge is 0.494 e. The number of aromatic nitrogens is 1. The number of H-pyrrole nitrogens is 1. The number of carbonyl (C=O) groups is 1. The van der Waals surface area contributed by atoms with E-state index in [2.05, 4.69) is 34.6 Å². The number of amides is 1. The number of nitrogens with one attached hydrogen (secondary N) is 2. The lowest BCUT2D eigenvalue weighted by molar-refractivity contribution is -0.121. The third kappa shape index (κ3) is 5.11. The smallest absolute Gasteiger partial charge is 0.220 e. The van der Waals surface area contributed by atoms with Gasteiger partial charge in [-0.2, -0.15) is 0 Å². The number of carbonyl (C=O) groups excluding carboxylic acids is 1. The predicted molar refractivity (Wildman–Crippen MR) is 101 cm³/mol. The van der Waals surface area contributed by atoms with Crippen LogP contribution in [-0.4, -0.2) is 24.0 Å². The molecule has 0 spiro atoms. The average molecular weight is 336 g/mol. The van der Waals surface area contributed by atoms with Crippen molar-refractivity contribution in [3.63, 3.8) is 0 Å². The van der Waals surface area contributed by atoms with Gasteiger partial charge < -0.3 is 15.0 Å². The molecule has 1 heterocycles. The second kappa shape index (κ2) is 8.38. The van der Waals surface area contributed by atoms with Crippen molar-refractivity contribution < 1.29 is 9.53 Å². The van der Waals surface area contributed by atoms with Crippen molar-refractivity contribution in [3.8, 4) is 5.75 Å². The zero-order valence-electron chi connectivity index (χ0n) is 14.5. The van der Waals surface area contributed by atoms with E-state index in [1.54, 1.807) is 0 Å². The van der Waals surface area contributed by atoms with Gasteiger partial charge in [0, 0.05) is 24.7 Å². The lowest BCUT2D eigenvalue weighted by atomic mass is 10.1. The van der Waals surface area contributed by atoms with E-state index in [1.807, 2.05) is 37.4 Å². The zero-order chi connectivity index (χ0) is 17.5. The Balaban J connectivity index is 1.31. The van der Waals surface area contributed by atoms with Gasteiger partial charge in [0.15, 0.2) is 0 Å². The molecule has 25 heavy (non-hydrogen) atoms. The molecule has 1 amide bonds. The molecule has 0 fully saturated rings. The maximum absolute atomic E-state index is 11.9. The van der Waals surface area contributed by atoms with Gasteiger partial charge in [0.1, 0.15) is 5.75 Å². The van der Waals surface area contributed by atoms with Gasteiger partial charge in [-0.1, -0.05) is 23.8 Å². The summed E-state index contributed by atoms with van der Waals surface area (Å²) in [5.41, 5.74) is 3.58. The van der Waals surface area contributed by atoms with Crippen molar-refractivity contribution in [2.45, 2.75) is 26.2 Å². The minimum Gasteiger partial charge on any atom is -0.494 e. The Labute approximate surface area is 148 Å². The minimum atomic E-state index is 0.0789. The topological polar surface area (TPSA) is 54.1 Å². The van der Waals surface area contributed by atoms with Gasteiger partial charge in [-0.05, 0) is 61.0 Å². The van der Waals surface area contributed by atoms with Crippen LogP contribution in [0.25, 0.3) is 10.9 Å². The molecule has 0 bridgehead atoms. The molecule has 0 aliphatic heterocycles. The van der Waals surface area contributed by atoms with Crippen LogP contribution in [0.1, 0.15) is 24.0 Å². The van der Waals surface area contributed by atoms with E-state index in [9.17, 15) is 4.79 Å². The molecule has 1 aromatic heterocycles. The maximum Gasteiger partial charge on any atom is 0.220 e. The van der Waals surface area contributed by atoms with Gasteiger partial charge in [0.25, 0.3) is 0 Å². The number of aryl methyl sites for hydroxylation is 1. The number of benzene rings is 2. The Morgan fingerprint density at radius 1 is 1.12 bits per heavy atom. The molecule has 0 radical (unpaired) electrons. The lowest BCUT2D eigenvalue weighted by Crippen LogP contribution is -2.25.